The second kappa shape index (κ2) is 6.12. The Morgan fingerprint density at radius 2 is 2.07 bits per heavy atom. The topological polar surface area (TPSA) is 33.0 Å². The van der Waals surface area contributed by atoms with Crippen LogP contribution in [0.2, 0.25) is 0 Å². The second-order valence-corrected chi connectivity index (χ2v) is 5.21. The third kappa shape index (κ3) is 4.22. The molecule has 0 bridgehead atoms. The van der Waals surface area contributed by atoms with E-state index in [1.165, 1.54) is 6.42 Å². The Kier molecular flexibility index (Phi) is 5.11. The monoisotopic (exact) mass is 209 g/mol. The van der Waals surface area contributed by atoms with E-state index in [-0.39, 0.29) is 5.92 Å². The minimum Gasteiger partial charge on any atom is -0.378 e. The molecule has 2 unspecified atom stereocenters. The molecule has 1 fully saturated rings. The first kappa shape index (κ1) is 12.5. The van der Waals surface area contributed by atoms with E-state index in [2.05, 4.69) is 19.9 Å². The molecule has 86 valence electrons. The Morgan fingerprint density at radius 1 is 1.33 bits per heavy atom. The van der Waals surface area contributed by atoms with E-state index >= 15 is 0 Å². The molecule has 0 saturated carbocycles. The Hall–Kier alpha value is -0.550. The molecule has 1 rings (SSSR count). The summed E-state index contributed by atoms with van der Waals surface area (Å²) in [6, 6.07) is 2.33. The summed E-state index contributed by atoms with van der Waals surface area (Å²) in [4.78, 5) is 0. The van der Waals surface area contributed by atoms with Crippen molar-refractivity contribution in [1.29, 1.82) is 5.26 Å². The third-order valence-electron chi connectivity index (χ3n) is 3.16. The molecule has 0 aromatic rings. The normalized spacial score (nSPS) is 28.7. The molecule has 1 aliphatic heterocycles. The van der Waals surface area contributed by atoms with Gasteiger partial charge in [-0.3, -0.25) is 0 Å². The van der Waals surface area contributed by atoms with Crippen LogP contribution in [0, 0.1) is 29.1 Å². The van der Waals surface area contributed by atoms with Crippen molar-refractivity contribution in [2.75, 3.05) is 6.61 Å². The van der Waals surface area contributed by atoms with Gasteiger partial charge in [-0.15, -0.1) is 0 Å². The van der Waals surface area contributed by atoms with E-state index < -0.39 is 0 Å². The van der Waals surface area contributed by atoms with E-state index in [9.17, 15) is 0 Å². The van der Waals surface area contributed by atoms with Gasteiger partial charge in [0, 0.05) is 12.5 Å². The van der Waals surface area contributed by atoms with Crippen molar-refractivity contribution in [3.8, 4) is 6.07 Å². The average Bonchev–Trinajstić information content (AvgIpc) is 2.20. The molecule has 0 aromatic carbocycles. The van der Waals surface area contributed by atoms with Gasteiger partial charge in [-0.1, -0.05) is 13.8 Å². The van der Waals surface area contributed by atoms with E-state index in [0.717, 1.165) is 25.9 Å². The third-order valence-corrected chi connectivity index (χ3v) is 3.16. The summed E-state index contributed by atoms with van der Waals surface area (Å²) in [6.45, 7) is 7.40. The van der Waals surface area contributed by atoms with Crippen molar-refractivity contribution in [2.24, 2.45) is 17.8 Å². The minimum absolute atomic E-state index is 0.173. The molecule has 0 aromatic heterocycles. The number of nitrogens with zero attached hydrogens (tertiary/aromatic N) is 1. The van der Waals surface area contributed by atoms with Gasteiger partial charge in [0.2, 0.25) is 0 Å². The molecular formula is C13H23NO. The fourth-order valence-electron chi connectivity index (χ4n) is 2.40. The van der Waals surface area contributed by atoms with Gasteiger partial charge in [0.25, 0.3) is 0 Å². The summed E-state index contributed by atoms with van der Waals surface area (Å²) in [5, 5.41) is 8.84. The van der Waals surface area contributed by atoms with Gasteiger partial charge < -0.3 is 4.74 Å². The van der Waals surface area contributed by atoms with Crippen LogP contribution in [0.4, 0.5) is 0 Å². The van der Waals surface area contributed by atoms with E-state index in [1.54, 1.807) is 0 Å². The number of hydrogen-bond acceptors (Lipinski definition) is 2. The van der Waals surface area contributed by atoms with Crippen LogP contribution in [0.5, 0.6) is 0 Å². The van der Waals surface area contributed by atoms with Crippen LogP contribution < -0.4 is 0 Å². The van der Waals surface area contributed by atoms with Gasteiger partial charge in [-0.05, 0) is 44.4 Å². The van der Waals surface area contributed by atoms with Crippen LogP contribution in [0.15, 0.2) is 0 Å². The smallest absolute Gasteiger partial charge is 0.0652 e. The summed E-state index contributed by atoms with van der Waals surface area (Å²) >= 11 is 0. The molecular weight excluding hydrogens is 186 g/mol. The molecule has 1 aliphatic rings. The lowest BCUT2D eigenvalue weighted by Crippen LogP contribution is -2.31. The maximum Gasteiger partial charge on any atom is 0.0652 e. The number of nitriles is 1. The van der Waals surface area contributed by atoms with Crippen molar-refractivity contribution in [3.63, 3.8) is 0 Å². The molecule has 0 N–H and O–H groups in total. The maximum atomic E-state index is 8.84. The fraction of sp³-hybridized carbons (Fsp3) is 0.923. The van der Waals surface area contributed by atoms with Gasteiger partial charge in [-0.2, -0.15) is 5.26 Å². The Bertz CT molecular complexity index is 219. The highest BCUT2D eigenvalue weighted by Gasteiger charge is 2.27. The minimum atomic E-state index is 0.173. The van der Waals surface area contributed by atoms with E-state index in [0.29, 0.717) is 17.9 Å². The summed E-state index contributed by atoms with van der Waals surface area (Å²) < 4.78 is 5.84. The quantitative estimate of drug-likeness (QED) is 0.711. The summed E-state index contributed by atoms with van der Waals surface area (Å²) in [5.41, 5.74) is 0. The first-order chi connectivity index (χ1) is 7.13. The van der Waals surface area contributed by atoms with Crippen molar-refractivity contribution in [3.05, 3.63) is 0 Å². The predicted molar refractivity (Wildman–Crippen MR) is 61.3 cm³/mol. The predicted octanol–water partition coefficient (Wildman–Crippen LogP) is 3.38. The molecule has 3 atom stereocenters. The zero-order valence-corrected chi connectivity index (χ0v) is 10.2. The lowest BCUT2D eigenvalue weighted by atomic mass is 9.83. The summed E-state index contributed by atoms with van der Waals surface area (Å²) in [7, 11) is 0. The average molecular weight is 209 g/mol. The van der Waals surface area contributed by atoms with Crippen LogP contribution in [0.3, 0.4) is 0 Å². The Labute approximate surface area is 93.6 Å². The van der Waals surface area contributed by atoms with Gasteiger partial charge in [0.1, 0.15) is 0 Å². The molecule has 2 nitrogen and oxygen atoms in total. The largest absolute Gasteiger partial charge is 0.378 e. The van der Waals surface area contributed by atoms with Crippen LogP contribution >= 0.6 is 0 Å². The zero-order chi connectivity index (χ0) is 11.3. The highest BCUT2D eigenvalue weighted by atomic mass is 16.5. The molecule has 15 heavy (non-hydrogen) atoms. The van der Waals surface area contributed by atoms with Gasteiger partial charge >= 0.3 is 0 Å². The van der Waals surface area contributed by atoms with Crippen molar-refractivity contribution < 1.29 is 4.74 Å². The molecule has 0 spiro atoms. The molecule has 1 saturated heterocycles. The zero-order valence-electron chi connectivity index (χ0n) is 10.2. The number of rotatable bonds is 4. The molecule has 2 heteroatoms. The van der Waals surface area contributed by atoms with Crippen LogP contribution in [0.1, 0.15) is 46.5 Å². The fourth-order valence-corrected chi connectivity index (χ4v) is 2.40. The Balaban J connectivity index is 2.46. The Morgan fingerprint density at radius 3 is 2.67 bits per heavy atom. The summed E-state index contributed by atoms with van der Waals surface area (Å²) in [5.74, 6) is 1.47. The lowest BCUT2D eigenvalue weighted by Gasteiger charge is -2.33. The SMILES string of the molecule is CC(C)CC1OCCCC1C[C@H](C)C#N. The lowest BCUT2D eigenvalue weighted by molar-refractivity contribution is -0.0418. The van der Waals surface area contributed by atoms with E-state index in [1.807, 2.05) is 6.92 Å². The van der Waals surface area contributed by atoms with Gasteiger partial charge in [0.15, 0.2) is 0 Å². The van der Waals surface area contributed by atoms with Gasteiger partial charge in [-0.25, -0.2) is 0 Å². The van der Waals surface area contributed by atoms with Crippen molar-refractivity contribution in [1.82, 2.24) is 0 Å². The van der Waals surface area contributed by atoms with E-state index in [4.69, 9.17) is 10.00 Å². The number of hydrogen-bond donors (Lipinski definition) is 0. The summed E-state index contributed by atoms with van der Waals surface area (Å²) in [6.07, 6.45) is 4.95. The first-order valence-electron chi connectivity index (χ1n) is 6.14. The van der Waals surface area contributed by atoms with Crippen LogP contribution in [0.25, 0.3) is 0 Å². The molecule has 0 amide bonds. The highest BCUT2D eigenvalue weighted by Crippen LogP contribution is 2.30. The second-order valence-electron chi connectivity index (χ2n) is 5.21. The molecule has 0 aliphatic carbocycles. The van der Waals surface area contributed by atoms with Crippen molar-refractivity contribution >= 4 is 0 Å². The standard InChI is InChI=1S/C13H23NO/c1-10(2)7-13-12(5-4-6-15-13)8-11(3)9-14/h10-13H,4-8H2,1-3H3/t11-,12?,13?/m0/s1. The first-order valence-corrected chi connectivity index (χ1v) is 6.14. The molecule has 0 radical (unpaired) electrons. The van der Waals surface area contributed by atoms with Gasteiger partial charge in [0.05, 0.1) is 12.2 Å². The van der Waals surface area contributed by atoms with Crippen LogP contribution in [-0.2, 0) is 4.74 Å². The maximum absolute atomic E-state index is 8.84. The number of ether oxygens (including phenoxy) is 1. The van der Waals surface area contributed by atoms with Crippen LogP contribution in [-0.4, -0.2) is 12.7 Å². The van der Waals surface area contributed by atoms with Crippen molar-refractivity contribution in [2.45, 2.75) is 52.6 Å². The highest BCUT2D eigenvalue weighted by molar-refractivity contribution is 4.85. The molecule has 1 heterocycles.